The Morgan fingerprint density at radius 1 is 1.24 bits per heavy atom. The van der Waals surface area contributed by atoms with Gasteiger partial charge >= 0.3 is 0 Å². The topological polar surface area (TPSA) is 31.6 Å². The maximum absolute atomic E-state index is 5.64. The van der Waals surface area contributed by atoms with E-state index in [-0.39, 0.29) is 0 Å². The predicted molar refractivity (Wildman–Crippen MR) is 68.5 cm³/mol. The Kier molecular flexibility index (Phi) is 3.74. The van der Waals surface area contributed by atoms with Gasteiger partial charge in [0, 0.05) is 0 Å². The van der Waals surface area contributed by atoms with Crippen LogP contribution in [0, 0.1) is 6.92 Å². The molecule has 0 N–H and O–H groups in total. The number of aryl methyl sites for hydroxylation is 1. The fraction of sp³-hybridized carbons (Fsp3) is 0.231. The third-order valence-electron chi connectivity index (χ3n) is 2.30. The molecule has 0 saturated carbocycles. The predicted octanol–water partition coefficient (Wildman–Crippen LogP) is 3.94. The van der Waals surface area contributed by atoms with Gasteiger partial charge in [-0.3, -0.25) is 0 Å². The van der Waals surface area contributed by atoms with Gasteiger partial charge in [0.25, 0.3) is 0 Å². The quantitative estimate of drug-likeness (QED) is 0.856. The molecule has 0 spiro atoms. The Morgan fingerprint density at radius 3 is 2.65 bits per heavy atom. The molecule has 0 fully saturated rings. The van der Waals surface area contributed by atoms with Crippen LogP contribution in [-0.4, -0.2) is 7.11 Å². The minimum atomic E-state index is 0.415. The Labute approximate surface area is 108 Å². The van der Waals surface area contributed by atoms with Crippen molar-refractivity contribution in [1.29, 1.82) is 0 Å². The Morgan fingerprint density at radius 2 is 2.06 bits per heavy atom. The molecule has 1 aromatic carbocycles. The first kappa shape index (κ1) is 12.0. The maximum atomic E-state index is 5.64. The lowest BCUT2D eigenvalue weighted by atomic mass is 10.3. The first-order valence-corrected chi connectivity index (χ1v) is 6.00. The molecule has 0 aliphatic heterocycles. The number of hydrogen-bond donors (Lipinski definition) is 0. The van der Waals surface area contributed by atoms with E-state index in [4.69, 9.17) is 13.9 Å². The molecule has 0 aliphatic carbocycles. The van der Waals surface area contributed by atoms with Crippen LogP contribution in [0.15, 0.2) is 39.2 Å². The van der Waals surface area contributed by atoms with Crippen molar-refractivity contribution in [3.8, 4) is 11.5 Å². The van der Waals surface area contributed by atoms with Crippen LogP contribution in [0.3, 0.4) is 0 Å². The van der Waals surface area contributed by atoms with Crippen LogP contribution >= 0.6 is 15.9 Å². The van der Waals surface area contributed by atoms with Crippen LogP contribution in [0.1, 0.15) is 11.5 Å². The highest BCUT2D eigenvalue weighted by molar-refractivity contribution is 9.10. The Balaban J connectivity index is 2.04. The second-order valence-corrected chi connectivity index (χ2v) is 4.45. The van der Waals surface area contributed by atoms with Crippen molar-refractivity contribution in [3.05, 3.63) is 46.3 Å². The van der Waals surface area contributed by atoms with Crippen LogP contribution in [0.4, 0.5) is 0 Å². The van der Waals surface area contributed by atoms with Gasteiger partial charge in [-0.1, -0.05) is 0 Å². The molecule has 1 aromatic heterocycles. The van der Waals surface area contributed by atoms with Crippen molar-refractivity contribution >= 4 is 15.9 Å². The molecule has 4 heteroatoms. The van der Waals surface area contributed by atoms with Crippen molar-refractivity contribution in [2.24, 2.45) is 0 Å². The fourth-order valence-electron chi connectivity index (χ4n) is 1.44. The van der Waals surface area contributed by atoms with E-state index in [9.17, 15) is 0 Å². The minimum Gasteiger partial charge on any atom is -0.497 e. The molecule has 2 rings (SSSR count). The number of rotatable bonds is 4. The summed E-state index contributed by atoms with van der Waals surface area (Å²) in [6, 6.07) is 9.41. The lowest BCUT2D eigenvalue weighted by molar-refractivity contribution is 0.265. The molecule has 0 radical (unpaired) electrons. The molecule has 0 amide bonds. The Hall–Kier alpha value is -1.42. The molecule has 17 heavy (non-hydrogen) atoms. The summed E-state index contributed by atoms with van der Waals surface area (Å²) in [5, 5.41) is 0. The van der Waals surface area contributed by atoms with Gasteiger partial charge in [-0.25, -0.2) is 0 Å². The lowest BCUT2D eigenvalue weighted by Crippen LogP contribution is -1.94. The zero-order valence-electron chi connectivity index (χ0n) is 9.70. The lowest BCUT2D eigenvalue weighted by Gasteiger charge is -2.08. The van der Waals surface area contributed by atoms with Crippen LogP contribution in [-0.2, 0) is 6.61 Å². The molecule has 0 bridgehead atoms. The van der Waals surface area contributed by atoms with E-state index in [1.807, 2.05) is 37.3 Å². The molecule has 90 valence electrons. The van der Waals surface area contributed by atoms with Crippen molar-refractivity contribution in [2.75, 3.05) is 7.11 Å². The average molecular weight is 297 g/mol. The van der Waals surface area contributed by atoms with E-state index in [0.29, 0.717) is 6.61 Å². The molecule has 0 atom stereocenters. The molecular formula is C13H13BrO3. The summed E-state index contributed by atoms with van der Waals surface area (Å²) in [6.07, 6.45) is 0. The molecule has 0 unspecified atom stereocenters. The second kappa shape index (κ2) is 5.27. The van der Waals surface area contributed by atoms with Crippen LogP contribution in [0.2, 0.25) is 0 Å². The number of ether oxygens (including phenoxy) is 2. The fourth-order valence-corrected chi connectivity index (χ4v) is 1.91. The highest BCUT2D eigenvalue weighted by Gasteiger charge is 2.05. The van der Waals surface area contributed by atoms with E-state index >= 15 is 0 Å². The molecule has 0 saturated heterocycles. The van der Waals surface area contributed by atoms with E-state index in [0.717, 1.165) is 27.5 Å². The third-order valence-corrected chi connectivity index (χ3v) is 2.92. The first-order valence-electron chi connectivity index (χ1n) is 5.20. The highest BCUT2D eigenvalue weighted by atomic mass is 79.9. The summed E-state index contributed by atoms with van der Waals surface area (Å²) in [6.45, 7) is 2.32. The summed E-state index contributed by atoms with van der Waals surface area (Å²) in [4.78, 5) is 0. The zero-order chi connectivity index (χ0) is 12.3. The van der Waals surface area contributed by atoms with Crippen LogP contribution in [0.5, 0.6) is 11.5 Å². The summed E-state index contributed by atoms with van der Waals surface area (Å²) in [5.74, 6) is 3.25. The molecule has 3 nitrogen and oxygen atoms in total. The van der Waals surface area contributed by atoms with Crippen molar-refractivity contribution in [3.63, 3.8) is 0 Å². The van der Waals surface area contributed by atoms with Crippen molar-refractivity contribution in [2.45, 2.75) is 13.5 Å². The van der Waals surface area contributed by atoms with Gasteiger partial charge in [0.2, 0.25) is 0 Å². The third kappa shape index (κ3) is 3.03. The van der Waals surface area contributed by atoms with E-state index < -0.39 is 0 Å². The maximum Gasteiger partial charge on any atom is 0.146 e. The van der Waals surface area contributed by atoms with Gasteiger partial charge < -0.3 is 13.9 Å². The summed E-state index contributed by atoms with van der Waals surface area (Å²) in [7, 11) is 1.63. The van der Waals surface area contributed by atoms with Gasteiger partial charge in [0.05, 0.1) is 11.6 Å². The van der Waals surface area contributed by atoms with Crippen molar-refractivity contribution in [1.82, 2.24) is 0 Å². The summed E-state index contributed by atoms with van der Waals surface area (Å²) in [5.41, 5.74) is 0. The SMILES string of the molecule is COc1ccc(OCc2ccc(C)o2)c(Br)c1. The number of furan rings is 1. The monoisotopic (exact) mass is 296 g/mol. The highest BCUT2D eigenvalue weighted by Crippen LogP contribution is 2.29. The molecule has 2 aromatic rings. The normalized spacial score (nSPS) is 10.3. The Bertz CT molecular complexity index is 505. The largest absolute Gasteiger partial charge is 0.497 e. The van der Waals surface area contributed by atoms with E-state index in [1.165, 1.54) is 0 Å². The number of methoxy groups -OCH3 is 1. The van der Waals surface area contributed by atoms with Crippen molar-refractivity contribution < 1.29 is 13.9 Å². The van der Waals surface area contributed by atoms with Gasteiger partial charge in [0.1, 0.15) is 29.6 Å². The molecule has 0 aliphatic rings. The standard InChI is InChI=1S/C13H13BrO3/c1-9-3-4-11(17-9)8-16-13-6-5-10(15-2)7-12(13)14/h3-7H,8H2,1-2H3. The number of halogens is 1. The van der Waals surface area contributed by atoms with E-state index in [2.05, 4.69) is 15.9 Å². The average Bonchev–Trinajstić information content (AvgIpc) is 2.73. The number of benzene rings is 1. The first-order chi connectivity index (χ1) is 8.19. The van der Waals surface area contributed by atoms with Gasteiger partial charge in [-0.05, 0) is 53.2 Å². The van der Waals surface area contributed by atoms with Gasteiger partial charge in [0.15, 0.2) is 0 Å². The minimum absolute atomic E-state index is 0.415. The number of hydrogen-bond acceptors (Lipinski definition) is 3. The summed E-state index contributed by atoms with van der Waals surface area (Å²) >= 11 is 3.43. The van der Waals surface area contributed by atoms with E-state index in [1.54, 1.807) is 7.11 Å². The second-order valence-electron chi connectivity index (χ2n) is 3.60. The van der Waals surface area contributed by atoms with Crippen LogP contribution in [0.25, 0.3) is 0 Å². The smallest absolute Gasteiger partial charge is 0.146 e. The zero-order valence-corrected chi connectivity index (χ0v) is 11.3. The van der Waals surface area contributed by atoms with Gasteiger partial charge in [-0.2, -0.15) is 0 Å². The molecule has 1 heterocycles. The molecular weight excluding hydrogens is 284 g/mol. The van der Waals surface area contributed by atoms with Crippen LogP contribution < -0.4 is 9.47 Å². The van der Waals surface area contributed by atoms with Gasteiger partial charge in [-0.15, -0.1) is 0 Å². The summed E-state index contributed by atoms with van der Waals surface area (Å²) < 4.78 is 17.0.